The molecular formula is C11H21N3O4. The number of nitrogens with one attached hydrogen (secondary N) is 2. The summed E-state index contributed by atoms with van der Waals surface area (Å²) in [4.78, 5) is 33.7. The smallest absolute Gasteiger partial charge is 0.326 e. The first-order chi connectivity index (χ1) is 8.26. The third-order valence-electron chi connectivity index (χ3n) is 2.82. The summed E-state index contributed by atoms with van der Waals surface area (Å²) in [6, 6.07) is -1.68. The Hall–Kier alpha value is -1.79. The van der Waals surface area contributed by atoms with Crippen molar-refractivity contribution in [1.29, 1.82) is 0 Å². The van der Waals surface area contributed by atoms with Gasteiger partial charge >= 0.3 is 12.0 Å². The van der Waals surface area contributed by atoms with Crippen molar-refractivity contribution >= 4 is 17.9 Å². The lowest BCUT2D eigenvalue weighted by atomic mass is 9.98. The van der Waals surface area contributed by atoms with Crippen LogP contribution in [0.15, 0.2) is 0 Å². The van der Waals surface area contributed by atoms with Crippen molar-refractivity contribution in [2.24, 2.45) is 5.73 Å². The van der Waals surface area contributed by atoms with Gasteiger partial charge in [-0.2, -0.15) is 0 Å². The predicted molar refractivity (Wildman–Crippen MR) is 65.9 cm³/mol. The van der Waals surface area contributed by atoms with Crippen LogP contribution in [-0.2, 0) is 9.59 Å². The summed E-state index contributed by atoms with van der Waals surface area (Å²) in [7, 11) is 0. The minimum absolute atomic E-state index is 0.321. The van der Waals surface area contributed by atoms with Crippen LogP contribution in [0.4, 0.5) is 4.79 Å². The predicted octanol–water partition coefficient (Wildman–Crippen LogP) is 0.193. The molecule has 0 aromatic carbocycles. The first-order valence-electron chi connectivity index (χ1n) is 5.88. The van der Waals surface area contributed by atoms with Crippen molar-refractivity contribution in [3.63, 3.8) is 0 Å². The lowest BCUT2D eigenvalue weighted by Gasteiger charge is -2.26. The fraction of sp³-hybridized carbons (Fsp3) is 0.727. The molecule has 0 aliphatic heterocycles. The van der Waals surface area contributed by atoms with Crippen molar-refractivity contribution in [2.45, 2.75) is 51.6 Å². The molecule has 0 fully saturated rings. The second-order valence-electron chi connectivity index (χ2n) is 4.33. The van der Waals surface area contributed by atoms with Gasteiger partial charge in [0, 0.05) is 0 Å². The summed E-state index contributed by atoms with van der Waals surface area (Å²) < 4.78 is 0. The average Bonchev–Trinajstić information content (AvgIpc) is 2.27. The summed E-state index contributed by atoms with van der Waals surface area (Å²) in [5.41, 5.74) is 4.00. The van der Waals surface area contributed by atoms with E-state index in [1.165, 1.54) is 6.92 Å². The third-order valence-corrected chi connectivity index (χ3v) is 2.82. The summed E-state index contributed by atoms with van der Waals surface area (Å²) >= 11 is 0. The van der Waals surface area contributed by atoms with Crippen LogP contribution in [0.2, 0.25) is 0 Å². The van der Waals surface area contributed by atoms with Gasteiger partial charge in [0.15, 0.2) is 0 Å². The SMILES string of the molecule is CCC[C@H](NC(=O)NC(C)(CC)C(N)=O)C(=O)O. The van der Waals surface area contributed by atoms with E-state index in [1.54, 1.807) is 6.92 Å². The number of carboxylic acids is 1. The highest BCUT2D eigenvalue weighted by atomic mass is 16.4. The van der Waals surface area contributed by atoms with Crippen LogP contribution in [0.25, 0.3) is 0 Å². The van der Waals surface area contributed by atoms with E-state index < -0.39 is 29.5 Å². The molecule has 0 spiro atoms. The normalized spacial score (nSPS) is 15.3. The Kier molecular flexibility index (Phi) is 6.15. The van der Waals surface area contributed by atoms with Crippen LogP contribution >= 0.6 is 0 Å². The van der Waals surface area contributed by atoms with Gasteiger partial charge in [0.1, 0.15) is 11.6 Å². The zero-order valence-corrected chi connectivity index (χ0v) is 10.9. The fourth-order valence-electron chi connectivity index (χ4n) is 1.32. The molecule has 7 heteroatoms. The van der Waals surface area contributed by atoms with E-state index in [-0.39, 0.29) is 0 Å². The second kappa shape index (κ2) is 6.83. The molecule has 0 saturated heterocycles. The monoisotopic (exact) mass is 259 g/mol. The van der Waals surface area contributed by atoms with Gasteiger partial charge in [-0.1, -0.05) is 20.3 Å². The molecule has 0 bridgehead atoms. The number of carbonyl (C=O) groups excluding carboxylic acids is 2. The second-order valence-corrected chi connectivity index (χ2v) is 4.33. The van der Waals surface area contributed by atoms with E-state index >= 15 is 0 Å². The summed E-state index contributed by atoms with van der Waals surface area (Å²) in [5, 5.41) is 13.6. The van der Waals surface area contributed by atoms with E-state index in [0.29, 0.717) is 19.3 Å². The first kappa shape index (κ1) is 16.2. The number of hydrogen-bond donors (Lipinski definition) is 4. The van der Waals surface area contributed by atoms with E-state index in [1.807, 2.05) is 6.92 Å². The largest absolute Gasteiger partial charge is 0.480 e. The number of primary amides is 1. The molecule has 104 valence electrons. The molecule has 0 aliphatic rings. The van der Waals surface area contributed by atoms with Gasteiger partial charge in [-0.15, -0.1) is 0 Å². The van der Waals surface area contributed by atoms with Gasteiger partial charge in [0.25, 0.3) is 0 Å². The molecule has 3 amide bonds. The van der Waals surface area contributed by atoms with Crippen LogP contribution in [-0.4, -0.2) is 34.6 Å². The van der Waals surface area contributed by atoms with E-state index in [2.05, 4.69) is 10.6 Å². The summed E-state index contributed by atoms with van der Waals surface area (Å²) in [6.07, 6.45) is 1.27. The van der Waals surface area contributed by atoms with Crippen LogP contribution in [0, 0.1) is 0 Å². The number of carboxylic acid groups (broad SMARTS) is 1. The topological polar surface area (TPSA) is 122 Å². The van der Waals surface area contributed by atoms with Crippen molar-refractivity contribution in [3.8, 4) is 0 Å². The van der Waals surface area contributed by atoms with Crippen LogP contribution < -0.4 is 16.4 Å². The van der Waals surface area contributed by atoms with Gasteiger partial charge in [0.2, 0.25) is 5.91 Å². The number of carbonyl (C=O) groups is 3. The number of hydrogen-bond acceptors (Lipinski definition) is 3. The molecule has 0 heterocycles. The molecule has 18 heavy (non-hydrogen) atoms. The lowest BCUT2D eigenvalue weighted by Crippen LogP contribution is -2.59. The zero-order valence-electron chi connectivity index (χ0n) is 10.9. The maximum absolute atomic E-state index is 11.6. The number of amides is 3. The summed E-state index contributed by atoms with van der Waals surface area (Å²) in [5.74, 6) is -1.77. The van der Waals surface area contributed by atoms with E-state index in [0.717, 1.165) is 0 Å². The van der Waals surface area contributed by atoms with Gasteiger partial charge in [0.05, 0.1) is 0 Å². The highest BCUT2D eigenvalue weighted by molar-refractivity contribution is 5.90. The molecule has 0 aromatic rings. The Morgan fingerprint density at radius 2 is 1.89 bits per heavy atom. The minimum Gasteiger partial charge on any atom is -0.480 e. The Labute approximate surface area is 106 Å². The Bertz CT molecular complexity index is 332. The van der Waals surface area contributed by atoms with E-state index in [9.17, 15) is 14.4 Å². The fourth-order valence-corrected chi connectivity index (χ4v) is 1.32. The molecular weight excluding hydrogens is 238 g/mol. The molecule has 0 aliphatic carbocycles. The summed E-state index contributed by atoms with van der Waals surface area (Å²) in [6.45, 7) is 5.01. The third kappa shape index (κ3) is 4.60. The molecule has 0 radical (unpaired) electrons. The molecule has 2 atom stereocenters. The Morgan fingerprint density at radius 3 is 2.22 bits per heavy atom. The lowest BCUT2D eigenvalue weighted by molar-refractivity contribution is -0.139. The van der Waals surface area contributed by atoms with Gasteiger partial charge in [-0.05, 0) is 19.8 Å². The number of aliphatic carboxylic acids is 1. The van der Waals surface area contributed by atoms with Crippen LogP contribution in [0.1, 0.15) is 40.0 Å². The first-order valence-corrected chi connectivity index (χ1v) is 5.88. The molecule has 0 saturated carbocycles. The highest BCUT2D eigenvalue weighted by Gasteiger charge is 2.31. The molecule has 0 rings (SSSR count). The van der Waals surface area contributed by atoms with Gasteiger partial charge in [-0.3, -0.25) is 4.79 Å². The number of rotatable bonds is 7. The molecule has 7 nitrogen and oxygen atoms in total. The average molecular weight is 259 g/mol. The van der Waals surface area contributed by atoms with Gasteiger partial charge < -0.3 is 21.5 Å². The van der Waals surface area contributed by atoms with Crippen molar-refractivity contribution in [3.05, 3.63) is 0 Å². The van der Waals surface area contributed by atoms with E-state index in [4.69, 9.17) is 10.8 Å². The standard InChI is InChI=1S/C11H21N3O4/c1-4-6-7(8(15)16)13-10(18)14-11(3,5-2)9(12)17/h7H,4-6H2,1-3H3,(H2,12,17)(H,15,16)(H2,13,14,18)/t7-,11?/m0/s1. The Morgan fingerprint density at radius 1 is 1.33 bits per heavy atom. The maximum atomic E-state index is 11.6. The van der Waals surface area contributed by atoms with Crippen LogP contribution in [0.5, 0.6) is 0 Å². The highest BCUT2D eigenvalue weighted by Crippen LogP contribution is 2.08. The Balaban J connectivity index is 4.57. The van der Waals surface area contributed by atoms with Crippen molar-refractivity contribution in [1.82, 2.24) is 10.6 Å². The quantitative estimate of drug-likeness (QED) is 0.521. The van der Waals surface area contributed by atoms with Crippen LogP contribution in [0.3, 0.4) is 0 Å². The number of urea groups is 1. The minimum atomic E-state index is -1.18. The molecule has 0 aromatic heterocycles. The van der Waals surface area contributed by atoms with Crippen molar-refractivity contribution < 1.29 is 19.5 Å². The maximum Gasteiger partial charge on any atom is 0.326 e. The zero-order chi connectivity index (χ0) is 14.3. The molecule has 1 unspecified atom stereocenters. The number of nitrogens with two attached hydrogens (primary N) is 1. The van der Waals surface area contributed by atoms with Crippen molar-refractivity contribution in [2.75, 3.05) is 0 Å². The van der Waals surface area contributed by atoms with Gasteiger partial charge in [-0.25, -0.2) is 9.59 Å². The molecule has 5 N–H and O–H groups in total.